The van der Waals surface area contributed by atoms with E-state index in [1.54, 1.807) is 24.3 Å². The van der Waals surface area contributed by atoms with E-state index in [2.05, 4.69) is 5.32 Å². The standard InChI is InChI=1S/C12H10ClFN2/c13-8-4-1-2-6-10(8)16-11-7-3-5-9(14)12(11)15/h1-7,16H,15H2. The summed E-state index contributed by atoms with van der Waals surface area (Å²) < 4.78 is 13.2. The summed E-state index contributed by atoms with van der Waals surface area (Å²) in [5.41, 5.74) is 6.89. The molecular formula is C12H10ClFN2. The van der Waals surface area contributed by atoms with Gasteiger partial charge in [0.2, 0.25) is 0 Å². The van der Waals surface area contributed by atoms with E-state index in [-0.39, 0.29) is 5.69 Å². The minimum Gasteiger partial charge on any atom is -0.395 e. The third kappa shape index (κ3) is 2.09. The molecule has 0 heterocycles. The predicted molar refractivity (Wildman–Crippen MR) is 65.5 cm³/mol. The molecule has 3 N–H and O–H groups in total. The van der Waals surface area contributed by atoms with Gasteiger partial charge in [0.1, 0.15) is 5.82 Å². The van der Waals surface area contributed by atoms with Gasteiger partial charge in [-0.1, -0.05) is 29.8 Å². The molecule has 4 heteroatoms. The summed E-state index contributed by atoms with van der Waals surface area (Å²) in [5, 5.41) is 3.55. The van der Waals surface area contributed by atoms with Crippen molar-refractivity contribution in [1.82, 2.24) is 0 Å². The molecule has 0 unspecified atom stereocenters. The molecule has 2 aromatic rings. The Balaban J connectivity index is 2.35. The van der Waals surface area contributed by atoms with E-state index in [0.717, 1.165) is 0 Å². The molecule has 82 valence electrons. The minimum absolute atomic E-state index is 0.0856. The number of hydrogen-bond acceptors (Lipinski definition) is 2. The van der Waals surface area contributed by atoms with E-state index < -0.39 is 5.82 Å². The Labute approximate surface area is 97.8 Å². The van der Waals surface area contributed by atoms with E-state index in [1.165, 1.54) is 6.07 Å². The Bertz CT molecular complexity index is 514. The highest BCUT2D eigenvalue weighted by molar-refractivity contribution is 6.33. The molecule has 0 aliphatic rings. The summed E-state index contributed by atoms with van der Waals surface area (Å²) in [6, 6.07) is 11.8. The average molecular weight is 237 g/mol. The lowest BCUT2D eigenvalue weighted by atomic mass is 10.2. The fraction of sp³-hybridized carbons (Fsp3) is 0. The summed E-state index contributed by atoms with van der Waals surface area (Å²) in [6.07, 6.45) is 0. The zero-order valence-corrected chi connectivity index (χ0v) is 9.13. The Morgan fingerprint density at radius 3 is 2.44 bits per heavy atom. The van der Waals surface area contributed by atoms with E-state index in [4.69, 9.17) is 17.3 Å². The molecule has 16 heavy (non-hydrogen) atoms. The normalized spacial score (nSPS) is 10.1. The van der Waals surface area contributed by atoms with Gasteiger partial charge in [-0.2, -0.15) is 0 Å². The molecule has 0 bridgehead atoms. The van der Waals surface area contributed by atoms with Gasteiger partial charge in [0.25, 0.3) is 0 Å². The van der Waals surface area contributed by atoms with Crippen molar-refractivity contribution in [2.45, 2.75) is 0 Å². The molecule has 0 saturated heterocycles. The molecule has 0 fully saturated rings. The van der Waals surface area contributed by atoms with Crippen molar-refractivity contribution in [2.75, 3.05) is 11.1 Å². The molecule has 0 atom stereocenters. The van der Waals surface area contributed by atoms with Crippen LogP contribution in [-0.2, 0) is 0 Å². The highest BCUT2D eigenvalue weighted by Gasteiger charge is 2.05. The Morgan fingerprint density at radius 1 is 1.00 bits per heavy atom. The van der Waals surface area contributed by atoms with Crippen LogP contribution in [0.5, 0.6) is 0 Å². The number of para-hydroxylation sites is 2. The smallest absolute Gasteiger partial charge is 0.148 e. The van der Waals surface area contributed by atoms with Crippen molar-refractivity contribution in [1.29, 1.82) is 0 Å². The minimum atomic E-state index is -0.447. The third-order valence-corrected chi connectivity index (χ3v) is 2.53. The Hall–Kier alpha value is -1.74. The van der Waals surface area contributed by atoms with Crippen molar-refractivity contribution >= 4 is 28.7 Å². The number of nitrogens with two attached hydrogens (primary N) is 1. The van der Waals surface area contributed by atoms with Crippen molar-refractivity contribution in [3.63, 3.8) is 0 Å². The summed E-state index contributed by atoms with van der Waals surface area (Å²) in [6.45, 7) is 0. The van der Waals surface area contributed by atoms with Crippen LogP contribution in [-0.4, -0.2) is 0 Å². The van der Waals surface area contributed by atoms with Gasteiger partial charge >= 0.3 is 0 Å². The van der Waals surface area contributed by atoms with Crippen LogP contribution in [0.3, 0.4) is 0 Å². The molecular weight excluding hydrogens is 227 g/mol. The van der Waals surface area contributed by atoms with E-state index in [0.29, 0.717) is 16.4 Å². The van der Waals surface area contributed by atoms with Crippen molar-refractivity contribution in [3.05, 3.63) is 53.3 Å². The highest BCUT2D eigenvalue weighted by atomic mass is 35.5. The Kier molecular flexibility index (Phi) is 2.97. The third-order valence-electron chi connectivity index (χ3n) is 2.20. The zero-order chi connectivity index (χ0) is 11.5. The van der Waals surface area contributed by atoms with Crippen LogP contribution in [0.15, 0.2) is 42.5 Å². The van der Waals surface area contributed by atoms with Crippen LogP contribution >= 0.6 is 11.6 Å². The lowest BCUT2D eigenvalue weighted by molar-refractivity contribution is 0.633. The van der Waals surface area contributed by atoms with Crippen molar-refractivity contribution in [3.8, 4) is 0 Å². The van der Waals surface area contributed by atoms with Crippen LogP contribution in [0.1, 0.15) is 0 Å². The number of hydrogen-bond donors (Lipinski definition) is 2. The topological polar surface area (TPSA) is 38.0 Å². The molecule has 0 aliphatic heterocycles. The fourth-order valence-electron chi connectivity index (χ4n) is 1.35. The molecule has 0 aromatic heterocycles. The molecule has 0 spiro atoms. The van der Waals surface area contributed by atoms with E-state index in [9.17, 15) is 4.39 Å². The number of nitrogens with one attached hydrogen (secondary N) is 1. The summed E-state index contributed by atoms with van der Waals surface area (Å²) >= 11 is 5.97. The van der Waals surface area contributed by atoms with Gasteiger partial charge in [0.05, 0.1) is 22.1 Å². The highest BCUT2D eigenvalue weighted by Crippen LogP contribution is 2.29. The second kappa shape index (κ2) is 4.41. The number of rotatable bonds is 2. The second-order valence-corrected chi connectivity index (χ2v) is 3.71. The van der Waals surface area contributed by atoms with Gasteiger partial charge in [-0.3, -0.25) is 0 Å². The van der Waals surface area contributed by atoms with Crippen LogP contribution < -0.4 is 11.1 Å². The number of nitrogen functional groups attached to an aromatic ring is 1. The summed E-state index contributed by atoms with van der Waals surface area (Å²) in [7, 11) is 0. The van der Waals surface area contributed by atoms with Crippen LogP contribution in [0.25, 0.3) is 0 Å². The molecule has 0 saturated carbocycles. The first-order valence-electron chi connectivity index (χ1n) is 4.74. The maximum absolute atomic E-state index is 13.2. The van der Waals surface area contributed by atoms with Gasteiger partial charge in [0.15, 0.2) is 0 Å². The largest absolute Gasteiger partial charge is 0.395 e. The van der Waals surface area contributed by atoms with Crippen molar-refractivity contribution in [2.24, 2.45) is 0 Å². The SMILES string of the molecule is Nc1c(F)cccc1Nc1ccccc1Cl. The second-order valence-electron chi connectivity index (χ2n) is 3.31. The van der Waals surface area contributed by atoms with Crippen LogP contribution in [0.4, 0.5) is 21.5 Å². The fourth-order valence-corrected chi connectivity index (χ4v) is 1.54. The maximum Gasteiger partial charge on any atom is 0.148 e. The van der Waals surface area contributed by atoms with Gasteiger partial charge in [0, 0.05) is 0 Å². The first kappa shape index (κ1) is 10.8. The van der Waals surface area contributed by atoms with Gasteiger partial charge < -0.3 is 11.1 Å². The number of benzene rings is 2. The molecule has 2 nitrogen and oxygen atoms in total. The van der Waals surface area contributed by atoms with Gasteiger partial charge in [-0.15, -0.1) is 0 Å². The maximum atomic E-state index is 13.2. The lowest BCUT2D eigenvalue weighted by Crippen LogP contribution is -1.98. The van der Waals surface area contributed by atoms with Crippen LogP contribution in [0.2, 0.25) is 5.02 Å². The predicted octanol–water partition coefficient (Wildman–Crippen LogP) is 3.80. The van der Waals surface area contributed by atoms with Crippen LogP contribution in [0, 0.1) is 5.82 Å². The first-order chi connectivity index (χ1) is 7.68. The summed E-state index contributed by atoms with van der Waals surface area (Å²) in [5.74, 6) is -0.447. The lowest BCUT2D eigenvalue weighted by Gasteiger charge is -2.10. The Morgan fingerprint density at radius 2 is 1.69 bits per heavy atom. The van der Waals surface area contributed by atoms with E-state index in [1.807, 2.05) is 12.1 Å². The molecule has 0 aliphatic carbocycles. The summed E-state index contributed by atoms with van der Waals surface area (Å²) in [4.78, 5) is 0. The molecule has 0 amide bonds. The molecule has 0 radical (unpaired) electrons. The molecule has 2 rings (SSSR count). The van der Waals surface area contributed by atoms with Gasteiger partial charge in [-0.25, -0.2) is 4.39 Å². The van der Waals surface area contributed by atoms with Gasteiger partial charge in [-0.05, 0) is 24.3 Å². The van der Waals surface area contributed by atoms with Crippen molar-refractivity contribution < 1.29 is 4.39 Å². The first-order valence-corrected chi connectivity index (χ1v) is 5.12. The zero-order valence-electron chi connectivity index (χ0n) is 8.37. The molecule has 2 aromatic carbocycles. The quantitative estimate of drug-likeness (QED) is 0.779. The number of halogens is 2. The van der Waals surface area contributed by atoms with E-state index >= 15 is 0 Å². The monoisotopic (exact) mass is 236 g/mol. The number of anilines is 3. The average Bonchev–Trinajstić information content (AvgIpc) is 2.28.